The number of benzene rings is 2. The fourth-order valence-electron chi connectivity index (χ4n) is 3.07. The van der Waals surface area contributed by atoms with E-state index in [1.54, 1.807) is 0 Å². The molecule has 0 bridgehead atoms. The molecule has 24 heavy (non-hydrogen) atoms. The van der Waals surface area contributed by atoms with Crippen molar-refractivity contribution in [2.75, 3.05) is 0 Å². The Morgan fingerprint density at radius 2 is 1.92 bits per heavy atom. The van der Waals surface area contributed by atoms with Crippen LogP contribution in [0.5, 0.6) is 0 Å². The van der Waals surface area contributed by atoms with Gasteiger partial charge in [0, 0.05) is 16.1 Å². The quantitative estimate of drug-likeness (QED) is 0.468. The first-order valence-electron chi connectivity index (χ1n) is 7.61. The van der Waals surface area contributed by atoms with Gasteiger partial charge in [0.15, 0.2) is 11.6 Å². The van der Waals surface area contributed by atoms with Gasteiger partial charge >= 0.3 is 0 Å². The number of halogens is 1. The average Bonchev–Trinajstić information content (AvgIpc) is 3.21. The molecule has 2 aromatic carbocycles. The zero-order valence-corrected chi connectivity index (χ0v) is 13.4. The van der Waals surface area contributed by atoms with Gasteiger partial charge in [-0.2, -0.15) is 5.10 Å². The van der Waals surface area contributed by atoms with Gasteiger partial charge in [-0.3, -0.25) is 0 Å². The van der Waals surface area contributed by atoms with Crippen LogP contribution in [0, 0.1) is 0 Å². The molecule has 5 nitrogen and oxygen atoms in total. The van der Waals surface area contributed by atoms with Crippen LogP contribution < -0.4 is 0 Å². The second-order valence-corrected chi connectivity index (χ2v) is 6.14. The summed E-state index contributed by atoms with van der Waals surface area (Å²) in [5, 5.41) is 5.38. The molecule has 0 aliphatic carbocycles. The number of rotatable bonds is 1. The fourth-order valence-corrected chi connectivity index (χ4v) is 3.24. The number of aromatic nitrogens is 5. The van der Waals surface area contributed by atoms with Gasteiger partial charge in [-0.25, -0.2) is 14.6 Å². The van der Waals surface area contributed by atoms with E-state index < -0.39 is 0 Å². The Kier molecular flexibility index (Phi) is 2.84. The highest BCUT2D eigenvalue weighted by Gasteiger charge is 2.23. The van der Waals surface area contributed by atoms with Crippen LogP contribution >= 0.6 is 11.6 Å². The maximum atomic E-state index is 6.24. The van der Waals surface area contributed by atoms with Crippen LogP contribution in [0.1, 0.15) is 5.69 Å². The topological polar surface area (TPSA) is 48.5 Å². The lowest BCUT2D eigenvalue weighted by molar-refractivity contribution is 0.679. The van der Waals surface area contributed by atoms with E-state index in [-0.39, 0.29) is 0 Å². The summed E-state index contributed by atoms with van der Waals surface area (Å²) in [6.45, 7) is 0.613. The molecule has 116 valence electrons. The molecule has 4 aromatic rings. The van der Waals surface area contributed by atoms with Crippen molar-refractivity contribution < 1.29 is 0 Å². The predicted molar refractivity (Wildman–Crippen MR) is 92.1 cm³/mol. The molecule has 1 aliphatic heterocycles. The van der Waals surface area contributed by atoms with Crippen LogP contribution in [-0.4, -0.2) is 24.3 Å². The van der Waals surface area contributed by atoms with Gasteiger partial charge in [-0.1, -0.05) is 41.9 Å². The summed E-state index contributed by atoms with van der Waals surface area (Å²) in [4.78, 5) is 9.06. The largest absolute Gasteiger partial charge is 0.301 e. The van der Waals surface area contributed by atoms with Crippen molar-refractivity contribution >= 4 is 11.6 Å². The van der Waals surface area contributed by atoms with Gasteiger partial charge in [0.2, 0.25) is 0 Å². The zero-order valence-electron chi connectivity index (χ0n) is 12.6. The van der Waals surface area contributed by atoms with E-state index >= 15 is 0 Å². The maximum Gasteiger partial charge on any atom is 0.181 e. The van der Waals surface area contributed by atoms with E-state index in [9.17, 15) is 0 Å². The first-order valence-corrected chi connectivity index (χ1v) is 7.99. The SMILES string of the molecule is Clc1ccc2c(c1)-c1nc(-c3ccccc3)nn1Cc1cncn1-2. The second kappa shape index (κ2) is 5.04. The third-order valence-corrected chi connectivity index (χ3v) is 4.42. The molecule has 0 saturated heterocycles. The minimum Gasteiger partial charge on any atom is -0.301 e. The van der Waals surface area contributed by atoms with Crippen molar-refractivity contribution in [3.05, 3.63) is 71.8 Å². The highest BCUT2D eigenvalue weighted by molar-refractivity contribution is 6.31. The van der Waals surface area contributed by atoms with E-state index in [0.29, 0.717) is 17.4 Å². The molecule has 0 saturated carbocycles. The lowest BCUT2D eigenvalue weighted by atomic mass is 10.1. The molecule has 0 atom stereocenters. The molecule has 1 aliphatic rings. The molecular weight excluding hydrogens is 322 g/mol. The number of nitrogens with zero attached hydrogens (tertiary/aromatic N) is 5. The lowest BCUT2D eigenvalue weighted by Gasteiger charge is -2.08. The van der Waals surface area contributed by atoms with Crippen LogP contribution in [0.2, 0.25) is 5.02 Å². The van der Waals surface area contributed by atoms with Crippen molar-refractivity contribution in [3.63, 3.8) is 0 Å². The predicted octanol–water partition coefficient (Wildman–Crippen LogP) is 3.81. The number of imidazole rings is 1. The molecule has 3 heterocycles. The first-order chi connectivity index (χ1) is 11.8. The lowest BCUT2D eigenvalue weighted by Crippen LogP contribution is -2.04. The Morgan fingerprint density at radius 1 is 1.04 bits per heavy atom. The van der Waals surface area contributed by atoms with E-state index in [1.807, 2.05) is 65.7 Å². The molecule has 0 amide bonds. The summed E-state index contributed by atoms with van der Waals surface area (Å²) < 4.78 is 3.97. The van der Waals surface area contributed by atoms with Gasteiger partial charge < -0.3 is 4.57 Å². The molecule has 0 spiro atoms. The Morgan fingerprint density at radius 3 is 2.79 bits per heavy atom. The van der Waals surface area contributed by atoms with Crippen LogP contribution in [0.3, 0.4) is 0 Å². The minimum atomic E-state index is 0.613. The minimum absolute atomic E-state index is 0.613. The maximum absolute atomic E-state index is 6.24. The van der Waals surface area contributed by atoms with E-state index in [0.717, 1.165) is 28.3 Å². The summed E-state index contributed by atoms with van der Waals surface area (Å²) in [5.74, 6) is 1.53. The van der Waals surface area contributed by atoms with Gasteiger partial charge in [0.25, 0.3) is 0 Å². The van der Waals surface area contributed by atoms with Crippen molar-refractivity contribution in [1.82, 2.24) is 24.3 Å². The Bertz CT molecular complexity index is 1050. The van der Waals surface area contributed by atoms with Crippen molar-refractivity contribution in [2.24, 2.45) is 0 Å². The Balaban J connectivity index is 1.78. The number of hydrogen-bond donors (Lipinski definition) is 0. The summed E-state index contributed by atoms with van der Waals surface area (Å²) in [7, 11) is 0. The Labute approximate surface area is 143 Å². The number of fused-ring (bicyclic) bond motifs is 5. The summed E-state index contributed by atoms with van der Waals surface area (Å²) in [6, 6.07) is 15.8. The van der Waals surface area contributed by atoms with Gasteiger partial charge in [0.1, 0.15) is 0 Å². The van der Waals surface area contributed by atoms with Gasteiger partial charge in [-0.05, 0) is 18.2 Å². The Hall–Kier alpha value is -2.92. The summed E-state index contributed by atoms with van der Waals surface area (Å²) in [6.07, 6.45) is 3.67. The molecule has 6 heteroatoms. The number of hydrogen-bond acceptors (Lipinski definition) is 3. The normalized spacial score (nSPS) is 12.2. The third-order valence-electron chi connectivity index (χ3n) is 4.19. The van der Waals surface area contributed by atoms with E-state index in [2.05, 4.69) is 9.55 Å². The molecule has 0 fully saturated rings. The standard InChI is InChI=1S/C18H12ClN5/c19-13-6-7-16-15(8-13)18-21-17(12-4-2-1-3-5-12)22-24(18)10-14-9-20-11-23(14)16/h1-9,11H,10H2. The third kappa shape index (κ3) is 1.98. The highest BCUT2D eigenvalue weighted by Crippen LogP contribution is 2.33. The van der Waals surface area contributed by atoms with Crippen molar-refractivity contribution in [2.45, 2.75) is 6.54 Å². The molecule has 0 N–H and O–H groups in total. The van der Waals surface area contributed by atoms with Crippen molar-refractivity contribution in [1.29, 1.82) is 0 Å². The van der Waals surface area contributed by atoms with Crippen molar-refractivity contribution in [3.8, 4) is 28.5 Å². The van der Waals surface area contributed by atoms with E-state index in [1.165, 1.54) is 0 Å². The molecule has 0 unspecified atom stereocenters. The van der Waals surface area contributed by atoms with Crippen LogP contribution in [0.25, 0.3) is 28.5 Å². The molecule has 2 aromatic heterocycles. The van der Waals surface area contributed by atoms with Crippen LogP contribution in [0.4, 0.5) is 0 Å². The highest BCUT2D eigenvalue weighted by atomic mass is 35.5. The summed E-state index contributed by atoms with van der Waals surface area (Å²) >= 11 is 6.24. The van der Waals surface area contributed by atoms with Crippen LogP contribution in [-0.2, 0) is 6.54 Å². The van der Waals surface area contributed by atoms with Gasteiger partial charge in [-0.15, -0.1) is 0 Å². The smallest absolute Gasteiger partial charge is 0.181 e. The fraction of sp³-hybridized carbons (Fsp3) is 0.0556. The molecule has 5 rings (SSSR count). The zero-order chi connectivity index (χ0) is 16.1. The van der Waals surface area contributed by atoms with Gasteiger partial charge in [0.05, 0.1) is 30.5 Å². The monoisotopic (exact) mass is 333 g/mol. The van der Waals surface area contributed by atoms with Crippen LogP contribution in [0.15, 0.2) is 61.1 Å². The second-order valence-electron chi connectivity index (χ2n) is 5.70. The first kappa shape index (κ1) is 13.5. The van der Waals surface area contributed by atoms with E-state index in [4.69, 9.17) is 21.7 Å². The average molecular weight is 334 g/mol. The molecule has 0 radical (unpaired) electrons. The molecular formula is C18H12ClN5. The summed E-state index contributed by atoms with van der Waals surface area (Å²) in [5.41, 5.74) is 4.02.